The highest BCUT2D eigenvalue weighted by atomic mass is 14.9. The fourth-order valence-corrected chi connectivity index (χ4v) is 13.1. The van der Waals surface area contributed by atoms with Gasteiger partial charge in [0.05, 0.1) is 0 Å². The molecule has 2 N–H and O–H groups in total. The van der Waals surface area contributed by atoms with Gasteiger partial charge in [-0.2, -0.15) is 0 Å². The van der Waals surface area contributed by atoms with Gasteiger partial charge in [0, 0.05) is 33.6 Å². The van der Waals surface area contributed by atoms with Crippen molar-refractivity contribution in [1.29, 1.82) is 0 Å². The van der Waals surface area contributed by atoms with E-state index in [0.29, 0.717) is 0 Å². The lowest BCUT2D eigenvalue weighted by Gasteiger charge is -2.22. The molecular formula is C90H76N2. The fraction of sp³-hybridized carbons (Fsp3) is 0.0889. The molecule has 14 aromatic carbocycles. The van der Waals surface area contributed by atoms with E-state index in [0.717, 1.165) is 35.6 Å². The van der Waals surface area contributed by atoms with Crippen LogP contribution in [0.5, 0.6) is 0 Å². The summed E-state index contributed by atoms with van der Waals surface area (Å²) >= 11 is 0. The summed E-state index contributed by atoms with van der Waals surface area (Å²) in [6, 6.07) is 125. The quantitative estimate of drug-likeness (QED) is 0.135. The summed E-state index contributed by atoms with van der Waals surface area (Å²) in [7, 11) is 0. The van der Waals surface area contributed by atoms with Crippen molar-refractivity contribution in [3.05, 3.63) is 396 Å². The summed E-state index contributed by atoms with van der Waals surface area (Å²) in [6.07, 6.45) is 1.97. The van der Waals surface area contributed by atoms with Crippen LogP contribution in [0.1, 0.15) is 72.2 Å². The number of fused-ring (bicyclic) bond motifs is 7. The molecule has 0 radical (unpaired) electrons. The van der Waals surface area contributed by atoms with E-state index >= 15 is 0 Å². The van der Waals surface area contributed by atoms with Crippen molar-refractivity contribution in [2.45, 2.75) is 51.4 Å². The minimum Gasteiger partial charge on any atom is -0.356 e. The van der Waals surface area contributed by atoms with E-state index in [9.17, 15) is 0 Å². The van der Waals surface area contributed by atoms with Gasteiger partial charge in [-0.15, -0.1) is 0 Å². The summed E-state index contributed by atoms with van der Waals surface area (Å²) in [5, 5.41) is 9.70. The number of hydrogen-bond donors (Lipinski definition) is 2. The molecule has 0 bridgehead atoms. The number of hydrogen-bond acceptors (Lipinski definition) is 2. The van der Waals surface area contributed by atoms with Crippen molar-refractivity contribution in [2.24, 2.45) is 0 Å². The van der Waals surface area contributed by atoms with E-state index in [-0.39, 0.29) is 10.8 Å². The Hall–Kier alpha value is -11.1. The first-order valence-corrected chi connectivity index (χ1v) is 32.1. The van der Waals surface area contributed by atoms with Crippen LogP contribution in [-0.2, 0) is 23.7 Å². The van der Waals surface area contributed by atoms with Crippen molar-refractivity contribution >= 4 is 33.5 Å². The molecule has 0 atom stereocenters. The maximum absolute atomic E-state index is 3.58. The normalized spacial score (nSPS) is 12.4. The molecule has 14 aromatic rings. The van der Waals surface area contributed by atoms with Crippen LogP contribution in [0.4, 0.5) is 22.7 Å². The molecule has 0 spiro atoms. The smallest absolute Gasteiger partial charge is 0.0387 e. The van der Waals surface area contributed by atoms with Crippen LogP contribution >= 0.6 is 0 Å². The third kappa shape index (κ3) is 13.7. The molecule has 0 heterocycles. The molecule has 0 aromatic heterocycles. The summed E-state index contributed by atoms with van der Waals surface area (Å²) in [6.45, 7) is 9.25. The molecular weight excluding hydrogens is 1110 g/mol. The monoisotopic (exact) mass is 1180 g/mol. The van der Waals surface area contributed by atoms with Crippen molar-refractivity contribution in [3.63, 3.8) is 0 Å². The van der Waals surface area contributed by atoms with Crippen molar-refractivity contribution < 1.29 is 0 Å². The van der Waals surface area contributed by atoms with Gasteiger partial charge in [0.1, 0.15) is 0 Å². The van der Waals surface area contributed by atoms with Gasteiger partial charge in [0.25, 0.3) is 0 Å². The van der Waals surface area contributed by atoms with Crippen LogP contribution < -0.4 is 10.6 Å². The lowest BCUT2D eigenvalue weighted by molar-refractivity contribution is 0.660. The number of para-hydroxylation sites is 1. The molecule has 0 amide bonds. The molecule has 2 heteroatoms. The zero-order chi connectivity index (χ0) is 62.7. The van der Waals surface area contributed by atoms with E-state index in [1.165, 1.54) is 111 Å². The van der Waals surface area contributed by atoms with Crippen LogP contribution in [-0.4, -0.2) is 0 Å². The summed E-state index contributed by atoms with van der Waals surface area (Å²) in [4.78, 5) is 0. The first-order valence-electron chi connectivity index (χ1n) is 32.1. The maximum Gasteiger partial charge on any atom is 0.0387 e. The zero-order valence-electron chi connectivity index (χ0n) is 52.9. The molecule has 0 fully saturated rings. The topological polar surface area (TPSA) is 24.1 Å². The molecule has 92 heavy (non-hydrogen) atoms. The zero-order valence-corrected chi connectivity index (χ0v) is 52.9. The van der Waals surface area contributed by atoms with Gasteiger partial charge in [-0.05, 0) is 172 Å². The molecule has 16 rings (SSSR count). The van der Waals surface area contributed by atoms with Gasteiger partial charge in [0.15, 0.2) is 0 Å². The number of rotatable bonds is 11. The second kappa shape index (κ2) is 27.4. The van der Waals surface area contributed by atoms with Gasteiger partial charge in [-0.3, -0.25) is 0 Å². The Morgan fingerprint density at radius 1 is 0.207 bits per heavy atom. The van der Waals surface area contributed by atoms with Crippen LogP contribution in [0.25, 0.3) is 66.4 Å². The molecule has 2 aliphatic rings. The largest absolute Gasteiger partial charge is 0.356 e. The van der Waals surface area contributed by atoms with Crippen molar-refractivity contribution in [2.75, 3.05) is 10.6 Å². The average molecular weight is 1190 g/mol. The Morgan fingerprint density at radius 2 is 0.511 bits per heavy atom. The SMILES string of the molecule is CC1(C)c2ccccc2-c2ccc(Nc3ccc(-c4ccccc4)cc3)cc21.CC1(C)c2ccccc2-c2ccc(Nc3ccccc3)cc21.c1ccc(-c2ccc(Cc3ccc(-c4ccccc4)cc3)cc2)cc1.c1ccc(Cc2ccc3ccccc3c2)cc1. The Morgan fingerprint density at radius 3 is 0.967 bits per heavy atom. The van der Waals surface area contributed by atoms with Crippen LogP contribution in [0.3, 0.4) is 0 Å². The van der Waals surface area contributed by atoms with Crippen LogP contribution in [0.2, 0.25) is 0 Å². The van der Waals surface area contributed by atoms with Gasteiger partial charge in [-0.1, -0.05) is 331 Å². The Kier molecular flexibility index (Phi) is 17.8. The molecule has 0 aliphatic heterocycles. The first kappa shape index (κ1) is 59.9. The molecule has 2 aliphatic carbocycles. The average Bonchev–Trinajstić information content (AvgIpc) is 1.61. The Balaban J connectivity index is 0.000000114. The lowest BCUT2D eigenvalue weighted by atomic mass is 9.82. The second-order valence-corrected chi connectivity index (χ2v) is 25.1. The molecule has 2 nitrogen and oxygen atoms in total. The Bertz CT molecular complexity index is 4650. The van der Waals surface area contributed by atoms with Crippen molar-refractivity contribution in [3.8, 4) is 55.6 Å². The van der Waals surface area contributed by atoms with E-state index < -0.39 is 0 Å². The van der Waals surface area contributed by atoms with Gasteiger partial charge < -0.3 is 10.6 Å². The number of benzene rings is 14. The molecule has 0 saturated carbocycles. The number of anilines is 4. The van der Waals surface area contributed by atoms with Gasteiger partial charge in [-0.25, -0.2) is 0 Å². The number of nitrogens with one attached hydrogen (secondary N) is 2. The Labute approximate surface area is 544 Å². The molecule has 0 unspecified atom stereocenters. The third-order valence-electron chi connectivity index (χ3n) is 18.1. The highest BCUT2D eigenvalue weighted by Gasteiger charge is 2.36. The first-order chi connectivity index (χ1) is 45.1. The summed E-state index contributed by atoms with van der Waals surface area (Å²) in [5.41, 5.74) is 28.6. The van der Waals surface area contributed by atoms with Crippen LogP contribution in [0.15, 0.2) is 352 Å². The minimum absolute atomic E-state index is 0.0286. The third-order valence-corrected chi connectivity index (χ3v) is 18.1. The molecule has 446 valence electrons. The van der Waals surface area contributed by atoms with Gasteiger partial charge in [0.2, 0.25) is 0 Å². The standard InChI is InChI=1S/C27H23N.C25H20.C21H19N.C17H14/c1-27(2)25-11-7-6-10-23(25)24-17-16-22(18-26(24)27)28-21-14-12-20(13-15-21)19-8-4-3-5-9-19;1-3-7-22(8-4-1)24-15-11-20(12-16-24)19-21-13-17-25(18-14-21)23-9-5-2-6-10-23;1-21(2)19-11-7-6-10-17(19)18-13-12-16(14-20(18)21)22-15-8-4-3-5-9-15;1-2-6-14(7-3-1)12-15-10-11-16-8-4-5-9-17(16)13-15/h3-18,28H,1-2H3;1-18H,19H2;3-14,22H,1-2H3;1-11,13H,12H2. The van der Waals surface area contributed by atoms with Gasteiger partial charge >= 0.3 is 0 Å². The van der Waals surface area contributed by atoms with E-state index in [1.807, 2.05) is 12.1 Å². The highest BCUT2D eigenvalue weighted by molar-refractivity contribution is 5.85. The molecule has 0 saturated heterocycles. The van der Waals surface area contributed by atoms with Crippen molar-refractivity contribution in [1.82, 2.24) is 0 Å². The summed E-state index contributed by atoms with van der Waals surface area (Å²) in [5.74, 6) is 0. The maximum atomic E-state index is 3.58. The van der Waals surface area contributed by atoms with Crippen LogP contribution in [0, 0.1) is 0 Å². The van der Waals surface area contributed by atoms with E-state index in [1.54, 1.807) is 0 Å². The fourth-order valence-electron chi connectivity index (χ4n) is 13.1. The minimum atomic E-state index is 0.0286. The van der Waals surface area contributed by atoms with E-state index in [2.05, 4.69) is 378 Å². The van der Waals surface area contributed by atoms with E-state index in [4.69, 9.17) is 0 Å². The predicted molar refractivity (Wildman–Crippen MR) is 393 cm³/mol. The highest BCUT2D eigenvalue weighted by Crippen LogP contribution is 2.51. The summed E-state index contributed by atoms with van der Waals surface area (Å²) < 4.78 is 0. The second-order valence-electron chi connectivity index (χ2n) is 25.1. The predicted octanol–water partition coefficient (Wildman–Crippen LogP) is 24.2. The lowest BCUT2D eigenvalue weighted by Crippen LogP contribution is -2.15.